The largest absolute Gasteiger partial charge is 0.507 e. The number of hydrogen-bond acceptors (Lipinski definition) is 5. The first kappa shape index (κ1) is 20.9. The van der Waals surface area contributed by atoms with Crippen LogP contribution in [0.3, 0.4) is 0 Å². The average molecular weight is 436 g/mol. The molecule has 168 valence electrons. The van der Waals surface area contributed by atoms with Crippen molar-refractivity contribution in [1.29, 1.82) is 0 Å². The summed E-state index contributed by atoms with van der Waals surface area (Å²) in [6.45, 7) is 4.82. The van der Waals surface area contributed by atoms with Gasteiger partial charge in [-0.2, -0.15) is 5.10 Å². The summed E-state index contributed by atoms with van der Waals surface area (Å²) >= 11 is 0. The second kappa shape index (κ2) is 7.29. The van der Waals surface area contributed by atoms with Crippen LogP contribution in [0.5, 0.6) is 5.75 Å². The van der Waals surface area contributed by atoms with Gasteiger partial charge in [-0.25, -0.2) is 4.39 Å². The van der Waals surface area contributed by atoms with E-state index >= 15 is 0 Å². The minimum atomic E-state index is -0.538. The predicted molar refractivity (Wildman–Crippen MR) is 123 cm³/mol. The highest BCUT2D eigenvalue weighted by molar-refractivity contribution is 5.74. The van der Waals surface area contributed by atoms with Crippen LogP contribution in [0.25, 0.3) is 22.4 Å². The van der Waals surface area contributed by atoms with E-state index in [-0.39, 0.29) is 11.3 Å². The zero-order valence-corrected chi connectivity index (χ0v) is 19.1. The number of benzene rings is 1. The molecule has 2 saturated carbocycles. The van der Waals surface area contributed by atoms with Crippen molar-refractivity contribution in [3.8, 4) is 28.1 Å². The molecular weight excluding hydrogens is 405 g/mol. The molecule has 0 spiro atoms. The van der Waals surface area contributed by atoms with E-state index in [2.05, 4.69) is 41.1 Å². The van der Waals surface area contributed by atoms with Crippen LogP contribution in [0.4, 0.5) is 10.2 Å². The van der Waals surface area contributed by atoms with Crippen molar-refractivity contribution in [2.75, 3.05) is 11.9 Å². The lowest BCUT2D eigenvalue weighted by Crippen LogP contribution is -2.42. The van der Waals surface area contributed by atoms with Gasteiger partial charge in [-0.1, -0.05) is 13.8 Å². The number of phenols is 1. The second-order valence-electron chi connectivity index (χ2n) is 10.5. The summed E-state index contributed by atoms with van der Waals surface area (Å²) in [6.07, 6.45) is 9.63. The lowest BCUT2D eigenvalue weighted by Gasteiger charge is -2.44. The summed E-state index contributed by atoms with van der Waals surface area (Å²) in [7, 11) is 3.87. The number of rotatable bonds is 4. The third-order valence-corrected chi connectivity index (χ3v) is 7.57. The molecule has 6 nitrogen and oxygen atoms in total. The van der Waals surface area contributed by atoms with Gasteiger partial charge in [0.05, 0.1) is 17.5 Å². The van der Waals surface area contributed by atoms with E-state index in [0.29, 0.717) is 28.1 Å². The van der Waals surface area contributed by atoms with Crippen LogP contribution in [-0.2, 0) is 7.05 Å². The molecule has 3 atom stereocenters. The Morgan fingerprint density at radius 3 is 2.38 bits per heavy atom. The molecule has 0 aliphatic heterocycles. The smallest absolute Gasteiger partial charge is 0.151 e. The van der Waals surface area contributed by atoms with Crippen molar-refractivity contribution < 1.29 is 9.50 Å². The first-order valence-corrected chi connectivity index (χ1v) is 11.2. The Bertz CT molecular complexity index is 1120. The van der Waals surface area contributed by atoms with E-state index in [4.69, 9.17) is 0 Å². The maximum atomic E-state index is 15.0. The number of aromatic nitrogens is 4. The molecule has 2 aliphatic carbocycles. The molecule has 0 amide bonds. The number of hydrogen-bond donors (Lipinski definition) is 1. The van der Waals surface area contributed by atoms with Crippen molar-refractivity contribution in [1.82, 2.24) is 20.0 Å². The molecule has 7 heteroatoms. The standard InChI is InChI=1S/C25H30FN5O/c1-24-7-8-25(2,15-24)12-18(11-24)31(4)22-6-5-20(28-29-22)23-19(26)9-16(10-21(23)32)17-13-27-30(3)14-17/h5-6,9-10,13-14,18,32H,7-8,11-12,15H2,1-4H3/t18-,24-,25+. The molecule has 2 heterocycles. The monoisotopic (exact) mass is 435 g/mol. The maximum Gasteiger partial charge on any atom is 0.151 e. The number of aromatic hydroxyl groups is 1. The zero-order chi connectivity index (χ0) is 22.7. The SMILES string of the molecule is CN(c1ccc(-c2c(O)cc(-c3cnn(C)c3)cc2F)nn1)[C@H]1C[C@]2(C)CC[C@](C)(C1)C2. The highest BCUT2D eigenvalue weighted by atomic mass is 19.1. The van der Waals surface area contributed by atoms with Gasteiger partial charge in [-0.15, -0.1) is 10.2 Å². The number of aryl methyl sites for hydroxylation is 1. The van der Waals surface area contributed by atoms with Gasteiger partial charge < -0.3 is 10.0 Å². The first-order valence-electron chi connectivity index (χ1n) is 11.2. The fourth-order valence-corrected chi connectivity index (χ4v) is 6.06. The van der Waals surface area contributed by atoms with E-state index in [1.807, 2.05) is 6.07 Å². The van der Waals surface area contributed by atoms with Gasteiger partial charge in [0.25, 0.3) is 0 Å². The highest BCUT2D eigenvalue weighted by Gasteiger charge is 2.50. The normalized spacial score (nSPS) is 27.0. The molecule has 0 radical (unpaired) electrons. The van der Waals surface area contributed by atoms with Crippen LogP contribution in [-0.4, -0.2) is 38.2 Å². The lowest BCUT2D eigenvalue weighted by atomic mass is 9.68. The van der Waals surface area contributed by atoms with Crippen LogP contribution in [0.15, 0.2) is 36.7 Å². The molecule has 1 N–H and O–H groups in total. The number of nitrogens with zero attached hydrogens (tertiary/aromatic N) is 5. The quantitative estimate of drug-likeness (QED) is 0.611. The Kier molecular flexibility index (Phi) is 4.76. The number of fused-ring (bicyclic) bond motifs is 2. The molecule has 32 heavy (non-hydrogen) atoms. The van der Waals surface area contributed by atoms with Crippen molar-refractivity contribution in [3.63, 3.8) is 0 Å². The minimum absolute atomic E-state index is 0.0649. The summed E-state index contributed by atoms with van der Waals surface area (Å²) in [5, 5.41) is 23.3. The van der Waals surface area contributed by atoms with Gasteiger partial charge in [0.1, 0.15) is 11.6 Å². The summed E-state index contributed by atoms with van der Waals surface area (Å²) in [6, 6.07) is 6.97. The summed E-state index contributed by atoms with van der Waals surface area (Å²) < 4.78 is 16.6. The highest BCUT2D eigenvalue weighted by Crippen LogP contribution is 2.58. The Morgan fingerprint density at radius 2 is 1.81 bits per heavy atom. The minimum Gasteiger partial charge on any atom is -0.507 e. The zero-order valence-electron chi connectivity index (χ0n) is 19.1. The van der Waals surface area contributed by atoms with Gasteiger partial charge in [0.15, 0.2) is 5.82 Å². The summed E-state index contributed by atoms with van der Waals surface area (Å²) in [5.41, 5.74) is 2.50. The van der Waals surface area contributed by atoms with Crippen LogP contribution in [0.2, 0.25) is 0 Å². The van der Waals surface area contributed by atoms with Gasteiger partial charge in [-0.05, 0) is 72.8 Å². The molecule has 2 bridgehead atoms. The second-order valence-corrected chi connectivity index (χ2v) is 10.5. The topological polar surface area (TPSA) is 67.1 Å². The lowest BCUT2D eigenvalue weighted by molar-refractivity contribution is 0.148. The number of halogens is 1. The van der Waals surface area contributed by atoms with Crippen LogP contribution in [0.1, 0.15) is 46.0 Å². The first-order chi connectivity index (χ1) is 15.1. The van der Waals surface area contributed by atoms with Crippen molar-refractivity contribution in [2.45, 2.75) is 52.0 Å². The fourth-order valence-electron chi connectivity index (χ4n) is 6.06. The molecule has 2 aliphatic rings. The Labute approximate surface area is 188 Å². The number of anilines is 1. The molecule has 0 saturated heterocycles. The Morgan fingerprint density at radius 1 is 1.09 bits per heavy atom. The molecule has 2 aromatic heterocycles. The maximum absolute atomic E-state index is 15.0. The Balaban J connectivity index is 1.39. The van der Waals surface area contributed by atoms with Crippen molar-refractivity contribution in [3.05, 3.63) is 42.5 Å². The number of phenolic OH excluding ortho intramolecular Hbond substituents is 1. The van der Waals surface area contributed by atoms with E-state index in [1.165, 1.54) is 31.4 Å². The van der Waals surface area contributed by atoms with E-state index in [0.717, 1.165) is 24.2 Å². The van der Waals surface area contributed by atoms with E-state index in [9.17, 15) is 9.50 Å². The third kappa shape index (κ3) is 3.63. The molecule has 0 unspecified atom stereocenters. The average Bonchev–Trinajstić information content (AvgIpc) is 3.26. The predicted octanol–water partition coefficient (Wildman–Crippen LogP) is 5.18. The Hall–Kier alpha value is -2.96. The van der Waals surface area contributed by atoms with Gasteiger partial charge in [-0.3, -0.25) is 4.68 Å². The summed E-state index contributed by atoms with van der Waals surface area (Å²) in [5.74, 6) is 0.0760. The molecule has 1 aromatic carbocycles. The molecule has 5 rings (SSSR count). The molecule has 3 aromatic rings. The van der Waals surface area contributed by atoms with Crippen LogP contribution < -0.4 is 4.90 Å². The van der Waals surface area contributed by atoms with E-state index in [1.54, 1.807) is 30.2 Å². The van der Waals surface area contributed by atoms with Crippen LogP contribution in [0, 0.1) is 16.6 Å². The van der Waals surface area contributed by atoms with Gasteiger partial charge in [0.2, 0.25) is 0 Å². The fraction of sp³-hybridized carbons (Fsp3) is 0.480. The van der Waals surface area contributed by atoms with Crippen molar-refractivity contribution >= 4 is 5.82 Å². The van der Waals surface area contributed by atoms with Gasteiger partial charge in [0, 0.05) is 31.9 Å². The summed E-state index contributed by atoms with van der Waals surface area (Å²) in [4.78, 5) is 2.22. The van der Waals surface area contributed by atoms with Crippen molar-refractivity contribution in [2.24, 2.45) is 17.9 Å². The molecular formula is C25H30FN5O. The van der Waals surface area contributed by atoms with E-state index < -0.39 is 5.82 Å². The molecule has 2 fully saturated rings. The van der Waals surface area contributed by atoms with Gasteiger partial charge >= 0.3 is 0 Å². The van der Waals surface area contributed by atoms with Crippen LogP contribution >= 0.6 is 0 Å². The third-order valence-electron chi connectivity index (χ3n) is 7.57.